The van der Waals surface area contributed by atoms with Crippen LogP contribution in [0.3, 0.4) is 0 Å². The maximum atomic E-state index is 12.8. The first-order chi connectivity index (χ1) is 15.2. The normalized spacial score (nSPS) is 11.3. The second-order valence-corrected chi connectivity index (χ2v) is 6.72. The molecule has 0 saturated heterocycles. The Morgan fingerprint density at radius 1 is 1.03 bits per heavy atom. The van der Waals surface area contributed by atoms with Crippen LogP contribution in [0.5, 0.6) is 0 Å². The number of halogens is 3. The summed E-state index contributed by atoms with van der Waals surface area (Å²) in [6, 6.07) is 16.0. The number of nitro benzene ring substituents is 1. The number of amides is 1. The molecule has 8 nitrogen and oxygen atoms in total. The minimum absolute atomic E-state index is 0.236. The smallest absolute Gasteiger partial charge is 0.299 e. The number of anilines is 1. The van der Waals surface area contributed by atoms with Crippen molar-refractivity contribution in [1.29, 1.82) is 0 Å². The van der Waals surface area contributed by atoms with E-state index < -0.39 is 28.3 Å². The molecule has 0 unspecified atom stereocenters. The van der Waals surface area contributed by atoms with Crippen molar-refractivity contribution in [2.45, 2.75) is 6.18 Å². The van der Waals surface area contributed by atoms with Gasteiger partial charge < -0.3 is 0 Å². The summed E-state index contributed by atoms with van der Waals surface area (Å²) < 4.78 is 40.3. The van der Waals surface area contributed by atoms with E-state index in [1.54, 1.807) is 30.6 Å². The van der Waals surface area contributed by atoms with Crippen LogP contribution in [0.4, 0.5) is 24.5 Å². The fourth-order valence-corrected chi connectivity index (χ4v) is 3.10. The Kier molecular flexibility index (Phi) is 5.23. The number of nitro groups is 1. The van der Waals surface area contributed by atoms with Gasteiger partial charge >= 0.3 is 6.18 Å². The van der Waals surface area contributed by atoms with Gasteiger partial charge in [0.1, 0.15) is 12.0 Å². The van der Waals surface area contributed by atoms with Crippen LogP contribution in [0.25, 0.3) is 16.7 Å². The molecule has 0 bridgehead atoms. The van der Waals surface area contributed by atoms with Crippen LogP contribution in [0, 0.1) is 10.1 Å². The molecular weight excluding hydrogens is 427 g/mol. The van der Waals surface area contributed by atoms with Crippen molar-refractivity contribution in [1.82, 2.24) is 15.0 Å². The quantitative estimate of drug-likeness (QED) is 0.345. The highest BCUT2D eigenvalue weighted by atomic mass is 19.4. The monoisotopic (exact) mass is 441 g/mol. The van der Waals surface area contributed by atoms with E-state index in [1.807, 2.05) is 28.8 Å². The maximum absolute atomic E-state index is 12.8. The number of nitrogens with one attached hydrogen (secondary N) is 2. The zero-order chi connectivity index (χ0) is 22.9. The van der Waals surface area contributed by atoms with Gasteiger partial charge in [0.15, 0.2) is 0 Å². The number of rotatable bonds is 5. The molecule has 4 aromatic rings. The molecular formula is C21H14F3N5O3. The Bertz CT molecular complexity index is 1320. The molecule has 0 fully saturated rings. The first-order valence-corrected chi connectivity index (χ1v) is 9.18. The highest BCUT2D eigenvalue weighted by Crippen LogP contribution is 2.34. The fourth-order valence-electron chi connectivity index (χ4n) is 3.10. The number of hydrogen-bond donors (Lipinski definition) is 2. The van der Waals surface area contributed by atoms with Gasteiger partial charge in [-0.15, -0.1) is 0 Å². The van der Waals surface area contributed by atoms with Crippen LogP contribution in [0.2, 0.25) is 0 Å². The molecule has 11 heteroatoms. The van der Waals surface area contributed by atoms with Crippen molar-refractivity contribution < 1.29 is 22.9 Å². The third-order valence-corrected chi connectivity index (χ3v) is 4.69. The van der Waals surface area contributed by atoms with Crippen molar-refractivity contribution in [3.05, 3.63) is 94.3 Å². The minimum Gasteiger partial charge on any atom is -0.299 e. The second kappa shape index (κ2) is 8.02. The molecule has 1 aromatic heterocycles. The SMILES string of the molecule is O=C(NNc1ccc(C(F)(F)F)cc1[N+](=O)[O-])c1ccc(-n2cnc3ccccc32)cc1. The van der Waals surface area contributed by atoms with Crippen molar-refractivity contribution >= 4 is 28.3 Å². The zero-order valence-electron chi connectivity index (χ0n) is 16.1. The van der Waals surface area contributed by atoms with Crippen LogP contribution >= 0.6 is 0 Å². The summed E-state index contributed by atoms with van der Waals surface area (Å²) >= 11 is 0. The molecule has 0 saturated carbocycles. The summed E-state index contributed by atoms with van der Waals surface area (Å²) in [5.74, 6) is -0.624. The topological polar surface area (TPSA) is 102 Å². The lowest BCUT2D eigenvalue weighted by Crippen LogP contribution is -2.29. The summed E-state index contributed by atoms with van der Waals surface area (Å²) in [5.41, 5.74) is 5.02. The predicted octanol–water partition coefficient (Wildman–Crippen LogP) is 4.71. The molecule has 0 aliphatic carbocycles. The molecule has 0 radical (unpaired) electrons. The first-order valence-electron chi connectivity index (χ1n) is 9.18. The fraction of sp³-hybridized carbons (Fsp3) is 0.0476. The Morgan fingerprint density at radius 3 is 2.44 bits per heavy atom. The molecule has 0 spiro atoms. The lowest BCUT2D eigenvalue weighted by molar-refractivity contribution is -0.384. The Balaban J connectivity index is 1.50. The molecule has 1 amide bonds. The van der Waals surface area contributed by atoms with E-state index in [2.05, 4.69) is 15.8 Å². The van der Waals surface area contributed by atoms with Gasteiger partial charge in [0.25, 0.3) is 11.6 Å². The number of aromatic nitrogens is 2. The Labute approximate surface area is 178 Å². The summed E-state index contributed by atoms with van der Waals surface area (Å²) in [4.78, 5) is 26.9. The number of fused-ring (bicyclic) bond motifs is 1. The van der Waals surface area contributed by atoms with Crippen LogP contribution in [0.15, 0.2) is 73.1 Å². The van der Waals surface area contributed by atoms with E-state index >= 15 is 0 Å². The number of alkyl halides is 3. The van der Waals surface area contributed by atoms with Crippen LogP contribution < -0.4 is 10.9 Å². The number of benzene rings is 3. The largest absolute Gasteiger partial charge is 0.416 e. The maximum Gasteiger partial charge on any atom is 0.416 e. The predicted molar refractivity (Wildman–Crippen MR) is 110 cm³/mol. The summed E-state index contributed by atoms with van der Waals surface area (Å²) in [6.07, 6.45) is -3.07. The van der Waals surface area contributed by atoms with Gasteiger partial charge in [-0.25, -0.2) is 4.98 Å². The molecule has 1 heterocycles. The van der Waals surface area contributed by atoms with E-state index in [9.17, 15) is 28.1 Å². The summed E-state index contributed by atoms with van der Waals surface area (Å²) in [6.45, 7) is 0. The lowest BCUT2D eigenvalue weighted by Gasteiger charge is -2.12. The van der Waals surface area contributed by atoms with Gasteiger partial charge in [0.05, 0.1) is 21.5 Å². The zero-order valence-corrected chi connectivity index (χ0v) is 16.1. The minimum atomic E-state index is -4.73. The number of imidazole rings is 1. The number of carbonyl (C=O) groups is 1. The van der Waals surface area contributed by atoms with E-state index in [1.165, 1.54) is 0 Å². The number of para-hydroxylation sites is 2. The molecule has 32 heavy (non-hydrogen) atoms. The molecule has 0 atom stereocenters. The van der Waals surface area contributed by atoms with Crippen LogP contribution in [0.1, 0.15) is 15.9 Å². The average Bonchev–Trinajstić information content (AvgIpc) is 3.21. The van der Waals surface area contributed by atoms with Crippen molar-refractivity contribution in [3.63, 3.8) is 0 Å². The second-order valence-electron chi connectivity index (χ2n) is 6.72. The number of nitrogens with zero attached hydrogens (tertiary/aromatic N) is 3. The standard InChI is InChI=1S/C21H14F3N5O3/c22-21(23,24)14-7-10-17(19(11-14)29(31)32)26-27-20(30)13-5-8-15(9-6-13)28-12-25-16-3-1-2-4-18(16)28/h1-12,26H,(H,27,30). The van der Waals surface area contributed by atoms with E-state index in [-0.39, 0.29) is 11.3 Å². The third-order valence-electron chi connectivity index (χ3n) is 4.69. The van der Waals surface area contributed by atoms with Gasteiger partial charge in [0.2, 0.25) is 0 Å². The van der Waals surface area contributed by atoms with Crippen LogP contribution in [-0.4, -0.2) is 20.4 Å². The number of hydrazine groups is 1. The lowest BCUT2D eigenvalue weighted by atomic mass is 10.1. The van der Waals surface area contributed by atoms with E-state index in [0.29, 0.717) is 12.1 Å². The molecule has 2 N–H and O–H groups in total. The van der Waals surface area contributed by atoms with Crippen molar-refractivity contribution in [3.8, 4) is 5.69 Å². The summed E-state index contributed by atoms with van der Waals surface area (Å²) in [5, 5.41) is 11.1. The highest BCUT2D eigenvalue weighted by molar-refractivity contribution is 5.95. The molecule has 162 valence electrons. The Morgan fingerprint density at radius 2 is 1.75 bits per heavy atom. The van der Waals surface area contributed by atoms with Gasteiger partial charge in [-0.1, -0.05) is 12.1 Å². The van der Waals surface area contributed by atoms with Crippen molar-refractivity contribution in [2.75, 3.05) is 5.43 Å². The molecule has 4 rings (SSSR count). The Hall–Kier alpha value is -4.41. The van der Waals surface area contributed by atoms with E-state index in [4.69, 9.17) is 0 Å². The first kappa shape index (κ1) is 20.8. The van der Waals surface area contributed by atoms with Gasteiger partial charge in [-0.3, -0.25) is 30.3 Å². The highest BCUT2D eigenvalue weighted by Gasteiger charge is 2.33. The average molecular weight is 441 g/mol. The number of carbonyl (C=O) groups excluding carboxylic acids is 1. The van der Waals surface area contributed by atoms with Crippen molar-refractivity contribution in [2.24, 2.45) is 0 Å². The van der Waals surface area contributed by atoms with Gasteiger partial charge in [-0.05, 0) is 48.5 Å². The third kappa shape index (κ3) is 4.08. The summed E-state index contributed by atoms with van der Waals surface area (Å²) in [7, 11) is 0. The molecule has 0 aliphatic heterocycles. The molecule has 0 aliphatic rings. The van der Waals surface area contributed by atoms with Gasteiger partial charge in [0, 0.05) is 17.3 Å². The number of hydrogen-bond acceptors (Lipinski definition) is 5. The molecule has 3 aromatic carbocycles. The van der Waals surface area contributed by atoms with Gasteiger partial charge in [-0.2, -0.15) is 13.2 Å². The van der Waals surface area contributed by atoms with E-state index in [0.717, 1.165) is 22.8 Å². The van der Waals surface area contributed by atoms with Crippen LogP contribution in [-0.2, 0) is 6.18 Å².